The molecule has 0 spiro atoms. The van der Waals surface area contributed by atoms with Crippen molar-refractivity contribution in [3.8, 4) is 5.75 Å². The summed E-state index contributed by atoms with van der Waals surface area (Å²) in [6.07, 6.45) is -0.673. The number of amides is 2. The molecule has 3 rings (SSSR count). The van der Waals surface area contributed by atoms with Crippen molar-refractivity contribution in [1.82, 2.24) is 0 Å². The van der Waals surface area contributed by atoms with Gasteiger partial charge in [0.2, 0.25) is 5.91 Å². The molecule has 1 unspecified atom stereocenters. The maximum absolute atomic E-state index is 12.5. The second-order valence-electron chi connectivity index (χ2n) is 6.09. The van der Waals surface area contributed by atoms with Crippen molar-refractivity contribution in [3.63, 3.8) is 0 Å². The van der Waals surface area contributed by atoms with Crippen LogP contribution in [0.4, 0.5) is 11.4 Å². The number of benzene rings is 2. The number of aryl methyl sites for hydroxylation is 1. The van der Waals surface area contributed by atoms with Crippen LogP contribution in [0.5, 0.6) is 5.75 Å². The van der Waals surface area contributed by atoms with Crippen molar-refractivity contribution < 1.29 is 24.2 Å². The third-order valence-electron chi connectivity index (χ3n) is 4.04. The Labute approximate surface area is 150 Å². The van der Waals surface area contributed by atoms with Crippen molar-refractivity contribution in [3.05, 3.63) is 53.6 Å². The fraction of sp³-hybridized carbons (Fsp3) is 0.211. The summed E-state index contributed by atoms with van der Waals surface area (Å²) < 4.78 is 5.59. The molecule has 0 aromatic heterocycles. The summed E-state index contributed by atoms with van der Waals surface area (Å²) in [4.78, 5) is 37.1. The van der Waals surface area contributed by atoms with Crippen LogP contribution in [0.25, 0.3) is 0 Å². The van der Waals surface area contributed by atoms with E-state index in [9.17, 15) is 14.4 Å². The predicted octanol–water partition coefficient (Wildman–Crippen LogP) is 2.45. The molecule has 26 heavy (non-hydrogen) atoms. The van der Waals surface area contributed by atoms with E-state index in [2.05, 4.69) is 5.32 Å². The van der Waals surface area contributed by atoms with Gasteiger partial charge in [-0.1, -0.05) is 6.07 Å². The van der Waals surface area contributed by atoms with Gasteiger partial charge in [0.25, 0.3) is 5.91 Å². The van der Waals surface area contributed by atoms with Crippen molar-refractivity contribution in [2.75, 3.05) is 16.8 Å². The first-order valence-corrected chi connectivity index (χ1v) is 8.07. The molecule has 0 radical (unpaired) electrons. The van der Waals surface area contributed by atoms with Gasteiger partial charge in [-0.25, -0.2) is 4.79 Å². The summed E-state index contributed by atoms with van der Waals surface area (Å²) in [5.41, 5.74) is 2.09. The van der Waals surface area contributed by atoms with E-state index in [4.69, 9.17) is 9.84 Å². The number of rotatable bonds is 4. The van der Waals surface area contributed by atoms with Crippen LogP contribution < -0.4 is 15.0 Å². The van der Waals surface area contributed by atoms with E-state index in [1.165, 1.54) is 29.2 Å². The molecule has 1 aliphatic rings. The Bertz CT molecular complexity index is 876. The predicted molar refractivity (Wildman–Crippen MR) is 95.7 cm³/mol. The minimum absolute atomic E-state index is 0.129. The van der Waals surface area contributed by atoms with Crippen LogP contribution in [-0.2, 0) is 9.59 Å². The van der Waals surface area contributed by atoms with Gasteiger partial charge in [-0.05, 0) is 55.8 Å². The number of carboxylic acids is 1. The molecular weight excluding hydrogens is 336 g/mol. The number of ether oxygens (including phenoxy) is 1. The lowest BCUT2D eigenvalue weighted by Gasteiger charge is -2.32. The highest BCUT2D eigenvalue weighted by atomic mass is 16.5. The molecule has 1 atom stereocenters. The van der Waals surface area contributed by atoms with Crippen LogP contribution in [0.3, 0.4) is 0 Å². The second kappa shape index (κ2) is 6.87. The highest BCUT2D eigenvalue weighted by Gasteiger charge is 2.32. The van der Waals surface area contributed by atoms with Crippen LogP contribution in [-0.4, -0.2) is 35.5 Å². The molecule has 2 aromatic carbocycles. The molecule has 7 heteroatoms. The largest absolute Gasteiger partial charge is 0.479 e. The highest BCUT2D eigenvalue weighted by Crippen LogP contribution is 2.34. The summed E-state index contributed by atoms with van der Waals surface area (Å²) >= 11 is 0. The molecule has 1 heterocycles. The number of hydrogen-bond acceptors (Lipinski definition) is 4. The lowest BCUT2D eigenvalue weighted by molar-refractivity contribution is -0.127. The van der Waals surface area contributed by atoms with Crippen molar-refractivity contribution in [2.45, 2.75) is 20.0 Å². The van der Waals surface area contributed by atoms with E-state index >= 15 is 0 Å². The molecule has 0 bridgehead atoms. The number of carboxylic acid groups (broad SMARTS) is 1. The lowest BCUT2D eigenvalue weighted by Crippen LogP contribution is -2.47. The van der Waals surface area contributed by atoms with Crippen LogP contribution >= 0.6 is 0 Å². The average molecular weight is 354 g/mol. The van der Waals surface area contributed by atoms with Crippen molar-refractivity contribution in [1.29, 1.82) is 0 Å². The maximum atomic E-state index is 12.5. The van der Waals surface area contributed by atoms with Gasteiger partial charge >= 0.3 is 5.97 Å². The number of fused-ring (bicyclic) bond motifs is 1. The molecule has 2 aromatic rings. The molecule has 7 nitrogen and oxygen atoms in total. The second-order valence-corrected chi connectivity index (χ2v) is 6.09. The van der Waals surface area contributed by atoms with Gasteiger partial charge in [-0.15, -0.1) is 0 Å². The van der Waals surface area contributed by atoms with E-state index < -0.39 is 12.1 Å². The van der Waals surface area contributed by atoms with Crippen LogP contribution in [0.1, 0.15) is 22.8 Å². The summed E-state index contributed by atoms with van der Waals surface area (Å²) in [6.45, 7) is 3.37. The Hall–Kier alpha value is -3.35. The number of carbonyl (C=O) groups is 3. The SMILES string of the molecule is Cc1ccc2c(c1)N(CC(=O)Nc1ccc(C(=O)O)cc1)C(=O)C(C)O2. The first-order valence-electron chi connectivity index (χ1n) is 8.07. The average Bonchev–Trinajstić information content (AvgIpc) is 2.60. The van der Waals surface area contributed by atoms with Gasteiger partial charge in [0.1, 0.15) is 12.3 Å². The molecule has 1 aliphatic heterocycles. The third kappa shape index (κ3) is 3.51. The van der Waals surface area contributed by atoms with Crippen LogP contribution in [0.15, 0.2) is 42.5 Å². The molecule has 0 fully saturated rings. The summed E-state index contributed by atoms with van der Waals surface area (Å²) in [5.74, 6) is -1.16. The zero-order valence-corrected chi connectivity index (χ0v) is 14.4. The third-order valence-corrected chi connectivity index (χ3v) is 4.04. The maximum Gasteiger partial charge on any atom is 0.335 e. The Morgan fingerprint density at radius 3 is 2.54 bits per heavy atom. The zero-order chi connectivity index (χ0) is 18.8. The first kappa shape index (κ1) is 17.5. The Kier molecular flexibility index (Phi) is 4.62. The molecular formula is C19H18N2O5. The fourth-order valence-electron chi connectivity index (χ4n) is 2.72. The van der Waals surface area contributed by atoms with Crippen LogP contribution in [0, 0.1) is 6.92 Å². The number of hydrogen-bond donors (Lipinski definition) is 2. The van der Waals surface area contributed by atoms with Crippen molar-refractivity contribution >= 4 is 29.2 Å². The van der Waals surface area contributed by atoms with E-state index in [0.717, 1.165) is 5.56 Å². The van der Waals surface area contributed by atoms with Gasteiger partial charge in [0.05, 0.1) is 11.3 Å². The zero-order valence-electron chi connectivity index (χ0n) is 14.4. The standard InChI is InChI=1S/C19H18N2O5/c1-11-3-8-16-15(9-11)21(18(23)12(2)26-16)10-17(22)20-14-6-4-13(5-7-14)19(24)25/h3-9,12H,10H2,1-2H3,(H,20,22)(H,24,25). The number of aromatic carboxylic acids is 1. The quantitative estimate of drug-likeness (QED) is 0.879. The number of carbonyl (C=O) groups excluding carboxylic acids is 2. The Morgan fingerprint density at radius 1 is 1.19 bits per heavy atom. The fourth-order valence-corrected chi connectivity index (χ4v) is 2.72. The normalized spacial score (nSPS) is 15.8. The number of nitrogens with one attached hydrogen (secondary N) is 1. The van der Waals surface area contributed by atoms with E-state index in [1.807, 2.05) is 13.0 Å². The molecule has 0 saturated carbocycles. The van der Waals surface area contributed by atoms with Gasteiger partial charge in [-0.2, -0.15) is 0 Å². The van der Waals surface area contributed by atoms with E-state index in [0.29, 0.717) is 17.1 Å². The lowest BCUT2D eigenvalue weighted by atomic mass is 10.1. The summed E-state index contributed by atoms with van der Waals surface area (Å²) in [7, 11) is 0. The highest BCUT2D eigenvalue weighted by molar-refractivity contribution is 6.06. The van der Waals surface area contributed by atoms with E-state index in [1.54, 1.807) is 19.1 Å². The van der Waals surface area contributed by atoms with Gasteiger partial charge < -0.3 is 15.2 Å². The van der Waals surface area contributed by atoms with E-state index in [-0.39, 0.29) is 23.9 Å². The smallest absolute Gasteiger partial charge is 0.335 e. The number of nitrogens with zero attached hydrogens (tertiary/aromatic N) is 1. The summed E-state index contributed by atoms with van der Waals surface area (Å²) in [5, 5.41) is 11.6. The minimum Gasteiger partial charge on any atom is -0.479 e. The van der Waals surface area contributed by atoms with Gasteiger partial charge in [-0.3, -0.25) is 14.5 Å². The van der Waals surface area contributed by atoms with Crippen molar-refractivity contribution in [2.24, 2.45) is 0 Å². The molecule has 2 N–H and O–H groups in total. The minimum atomic E-state index is -1.04. The molecule has 0 saturated heterocycles. The molecule has 0 aliphatic carbocycles. The summed E-state index contributed by atoms with van der Waals surface area (Å²) in [6, 6.07) is 11.3. The Morgan fingerprint density at radius 2 is 1.88 bits per heavy atom. The number of anilines is 2. The monoisotopic (exact) mass is 354 g/mol. The van der Waals surface area contributed by atoms with Gasteiger partial charge in [0, 0.05) is 5.69 Å². The first-order chi connectivity index (χ1) is 12.3. The van der Waals surface area contributed by atoms with Crippen LogP contribution in [0.2, 0.25) is 0 Å². The Balaban J connectivity index is 1.77. The molecule has 2 amide bonds. The topological polar surface area (TPSA) is 95.9 Å². The van der Waals surface area contributed by atoms with Gasteiger partial charge in [0.15, 0.2) is 6.10 Å². The molecule has 134 valence electrons.